The van der Waals surface area contributed by atoms with Gasteiger partial charge < -0.3 is 8.83 Å². The molecule has 0 aliphatic carbocycles. The van der Waals surface area contributed by atoms with Crippen LogP contribution in [0, 0.1) is 13.8 Å². The third-order valence-corrected chi connectivity index (χ3v) is 5.25. The molecule has 0 fully saturated rings. The maximum Gasteiger partial charge on any atom is 0.251 e. The fraction of sp³-hybridized carbons (Fsp3) is 0.267. The summed E-state index contributed by atoms with van der Waals surface area (Å²) in [4.78, 5) is 1.19. The van der Waals surface area contributed by atoms with Gasteiger partial charge in [-0.15, -0.1) is 26.6 Å². The lowest BCUT2D eigenvalue weighted by molar-refractivity contribution is 0.499. The molecular formula is C15H14N6O2S2. The Hall–Kier alpha value is -2.46. The van der Waals surface area contributed by atoms with Crippen molar-refractivity contribution in [1.82, 2.24) is 30.4 Å². The SMILES string of the molecule is Cc1cc(-c2nnc(CSc3nnnn3Cc3cccs3)o2)c(C)o1. The van der Waals surface area contributed by atoms with Crippen molar-refractivity contribution in [1.29, 1.82) is 0 Å². The first-order valence-corrected chi connectivity index (χ1v) is 9.36. The second-order valence-electron chi connectivity index (χ2n) is 5.32. The van der Waals surface area contributed by atoms with Crippen LogP contribution < -0.4 is 0 Å². The number of nitrogens with zero attached hydrogens (tertiary/aromatic N) is 6. The molecule has 0 atom stereocenters. The van der Waals surface area contributed by atoms with Gasteiger partial charge >= 0.3 is 0 Å². The van der Waals surface area contributed by atoms with Crippen LogP contribution in [0.5, 0.6) is 0 Å². The Labute approximate surface area is 151 Å². The van der Waals surface area contributed by atoms with E-state index in [1.807, 2.05) is 31.4 Å². The highest BCUT2D eigenvalue weighted by Crippen LogP contribution is 2.27. The van der Waals surface area contributed by atoms with Crippen LogP contribution in [0.15, 0.2) is 37.6 Å². The molecule has 0 saturated carbocycles. The number of hydrogen-bond donors (Lipinski definition) is 0. The molecule has 8 nitrogen and oxygen atoms in total. The standard InChI is InChI=1S/C15H14N6O2S2/c1-9-6-12(10(2)22-9)14-17-16-13(23-14)8-25-15-18-19-20-21(15)7-11-4-3-5-24-11/h3-6H,7-8H2,1-2H3. The van der Waals surface area contributed by atoms with Crippen molar-refractivity contribution in [2.24, 2.45) is 0 Å². The van der Waals surface area contributed by atoms with Crippen LogP contribution in [0.4, 0.5) is 0 Å². The summed E-state index contributed by atoms with van der Waals surface area (Å²) in [7, 11) is 0. The minimum absolute atomic E-state index is 0.461. The van der Waals surface area contributed by atoms with Gasteiger partial charge in [0.15, 0.2) is 0 Å². The van der Waals surface area contributed by atoms with Crippen LogP contribution in [-0.2, 0) is 12.3 Å². The first kappa shape index (κ1) is 16.0. The summed E-state index contributed by atoms with van der Waals surface area (Å²) in [6.07, 6.45) is 0. The highest BCUT2D eigenvalue weighted by atomic mass is 32.2. The molecule has 0 amide bonds. The summed E-state index contributed by atoms with van der Waals surface area (Å²) in [5.74, 6) is 3.05. The number of tetrazole rings is 1. The summed E-state index contributed by atoms with van der Waals surface area (Å²) in [6, 6.07) is 5.96. The minimum Gasteiger partial charge on any atom is -0.466 e. The third kappa shape index (κ3) is 3.49. The molecule has 4 aromatic rings. The van der Waals surface area contributed by atoms with E-state index in [0.717, 1.165) is 17.1 Å². The van der Waals surface area contributed by atoms with Crippen molar-refractivity contribution in [2.45, 2.75) is 31.3 Å². The zero-order chi connectivity index (χ0) is 17.2. The lowest BCUT2D eigenvalue weighted by Crippen LogP contribution is -2.02. The second kappa shape index (κ2) is 6.81. The molecule has 0 bridgehead atoms. The Morgan fingerprint density at radius 3 is 2.88 bits per heavy atom. The third-order valence-electron chi connectivity index (χ3n) is 3.45. The second-order valence-corrected chi connectivity index (χ2v) is 7.29. The number of rotatable bonds is 6. The van der Waals surface area contributed by atoms with Crippen molar-refractivity contribution >= 4 is 23.1 Å². The minimum atomic E-state index is 0.461. The lowest BCUT2D eigenvalue weighted by atomic mass is 10.2. The van der Waals surface area contributed by atoms with Crippen molar-refractivity contribution in [2.75, 3.05) is 0 Å². The molecule has 25 heavy (non-hydrogen) atoms. The van der Waals surface area contributed by atoms with Gasteiger partial charge in [-0.25, -0.2) is 4.68 Å². The Morgan fingerprint density at radius 2 is 2.12 bits per heavy atom. The molecule has 0 aliphatic rings. The molecule has 0 spiro atoms. The van der Waals surface area contributed by atoms with Crippen molar-refractivity contribution < 1.29 is 8.83 Å². The van der Waals surface area contributed by atoms with Gasteiger partial charge in [0, 0.05) is 4.88 Å². The molecule has 0 radical (unpaired) electrons. The van der Waals surface area contributed by atoms with Crippen LogP contribution in [0.1, 0.15) is 22.3 Å². The van der Waals surface area contributed by atoms with E-state index in [-0.39, 0.29) is 0 Å². The van der Waals surface area contributed by atoms with Crippen LogP contribution in [0.2, 0.25) is 0 Å². The van der Waals surface area contributed by atoms with E-state index in [0.29, 0.717) is 29.2 Å². The maximum atomic E-state index is 5.73. The number of aromatic nitrogens is 6. The molecule has 4 rings (SSSR count). The zero-order valence-electron chi connectivity index (χ0n) is 13.5. The lowest BCUT2D eigenvalue weighted by Gasteiger charge is -2.00. The summed E-state index contributed by atoms with van der Waals surface area (Å²) in [5, 5.41) is 22.8. The predicted octanol–water partition coefficient (Wildman–Crippen LogP) is 3.34. The van der Waals surface area contributed by atoms with Crippen molar-refractivity contribution in [3.05, 3.63) is 45.9 Å². The summed E-state index contributed by atoms with van der Waals surface area (Å²) < 4.78 is 13.0. The maximum absolute atomic E-state index is 5.73. The first-order chi connectivity index (χ1) is 12.2. The van der Waals surface area contributed by atoms with Gasteiger partial charge in [-0.2, -0.15) is 0 Å². The number of thioether (sulfide) groups is 1. The fourth-order valence-corrected chi connectivity index (χ4v) is 3.74. The molecule has 0 aromatic carbocycles. The van der Waals surface area contributed by atoms with Gasteiger partial charge in [-0.05, 0) is 41.8 Å². The Bertz CT molecular complexity index is 972. The average molecular weight is 374 g/mol. The monoisotopic (exact) mass is 374 g/mol. The topological polar surface area (TPSA) is 95.7 Å². The van der Waals surface area contributed by atoms with Gasteiger partial charge in [0.2, 0.25) is 11.0 Å². The van der Waals surface area contributed by atoms with Crippen LogP contribution in [0.25, 0.3) is 11.5 Å². The highest BCUT2D eigenvalue weighted by Gasteiger charge is 2.16. The molecule has 0 aliphatic heterocycles. The number of furan rings is 1. The quantitative estimate of drug-likeness (QED) is 0.474. The Morgan fingerprint density at radius 1 is 1.20 bits per heavy atom. The molecule has 0 unspecified atom stereocenters. The van der Waals surface area contributed by atoms with Crippen LogP contribution in [-0.4, -0.2) is 30.4 Å². The normalized spacial score (nSPS) is 11.3. The van der Waals surface area contributed by atoms with E-state index in [2.05, 4.69) is 31.8 Å². The van der Waals surface area contributed by atoms with E-state index in [1.165, 1.54) is 16.6 Å². The van der Waals surface area contributed by atoms with Crippen LogP contribution in [0.3, 0.4) is 0 Å². The molecule has 0 N–H and O–H groups in total. The summed E-state index contributed by atoms with van der Waals surface area (Å²) >= 11 is 3.13. The van der Waals surface area contributed by atoms with Crippen molar-refractivity contribution in [3.63, 3.8) is 0 Å². The smallest absolute Gasteiger partial charge is 0.251 e. The predicted molar refractivity (Wildman–Crippen MR) is 92.3 cm³/mol. The van der Waals surface area contributed by atoms with Crippen LogP contribution >= 0.6 is 23.1 Å². The number of hydrogen-bond acceptors (Lipinski definition) is 9. The first-order valence-electron chi connectivity index (χ1n) is 7.50. The molecule has 4 heterocycles. The van der Waals surface area contributed by atoms with Gasteiger partial charge in [0.1, 0.15) is 11.5 Å². The van der Waals surface area contributed by atoms with E-state index in [9.17, 15) is 0 Å². The average Bonchev–Trinajstić information content (AvgIpc) is 3.35. The molecule has 0 saturated heterocycles. The Kier molecular flexibility index (Phi) is 4.36. The highest BCUT2D eigenvalue weighted by molar-refractivity contribution is 7.98. The largest absolute Gasteiger partial charge is 0.466 e. The summed E-state index contributed by atoms with van der Waals surface area (Å²) in [6.45, 7) is 4.41. The number of aryl methyl sites for hydroxylation is 2. The van der Waals surface area contributed by atoms with Gasteiger partial charge in [-0.1, -0.05) is 17.8 Å². The molecular weight excluding hydrogens is 360 g/mol. The molecule has 128 valence electrons. The number of thiophene rings is 1. The van der Waals surface area contributed by atoms with Gasteiger partial charge in [0.05, 0.1) is 17.9 Å². The fourth-order valence-electron chi connectivity index (χ4n) is 2.34. The zero-order valence-corrected chi connectivity index (χ0v) is 15.2. The van der Waals surface area contributed by atoms with Gasteiger partial charge in [-0.3, -0.25) is 0 Å². The van der Waals surface area contributed by atoms with E-state index >= 15 is 0 Å². The molecule has 4 aromatic heterocycles. The van der Waals surface area contributed by atoms with Crippen molar-refractivity contribution in [3.8, 4) is 11.5 Å². The van der Waals surface area contributed by atoms with Gasteiger partial charge in [0.25, 0.3) is 5.89 Å². The van der Waals surface area contributed by atoms with E-state index < -0.39 is 0 Å². The molecule has 10 heteroatoms. The van der Waals surface area contributed by atoms with E-state index in [4.69, 9.17) is 8.83 Å². The van der Waals surface area contributed by atoms with E-state index in [1.54, 1.807) is 16.0 Å². The summed E-state index contributed by atoms with van der Waals surface area (Å²) in [5.41, 5.74) is 0.823. The Balaban J connectivity index is 1.44.